The van der Waals surface area contributed by atoms with Crippen molar-refractivity contribution in [3.8, 4) is 27.6 Å². The first-order valence-electron chi connectivity index (χ1n) is 16.5. The van der Waals surface area contributed by atoms with Crippen molar-refractivity contribution in [2.45, 2.75) is 55.5 Å². The van der Waals surface area contributed by atoms with Gasteiger partial charge < -0.3 is 14.5 Å². The summed E-state index contributed by atoms with van der Waals surface area (Å²) in [6, 6.07) is 15.8. The van der Waals surface area contributed by atoms with Crippen molar-refractivity contribution in [2.24, 2.45) is 0 Å². The number of hydrogen-bond donors (Lipinski definition) is 2. The molecule has 0 spiro atoms. The van der Waals surface area contributed by atoms with E-state index in [0.29, 0.717) is 59.0 Å². The van der Waals surface area contributed by atoms with E-state index in [4.69, 9.17) is 19.1 Å². The van der Waals surface area contributed by atoms with Crippen LogP contribution in [0.1, 0.15) is 59.4 Å². The third-order valence-electron chi connectivity index (χ3n) is 9.99. The van der Waals surface area contributed by atoms with Crippen molar-refractivity contribution in [2.75, 3.05) is 19.0 Å². The first-order valence-corrected chi connectivity index (χ1v) is 18.8. The molecule has 6 heterocycles. The summed E-state index contributed by atoms with van der Waals surface area (Å²) in [6.07, 6.45) is 5.75. The number of thiophene rings is 1. The summed E-state index contributed by atoms with van der Waals surface area (Å²) in [6.45, 7) is 0.401. The summed E-state index contributed by atoms with van der Waals surface area (Å²) in [5.41, 5.74) is 5.04. The molecule has 2 aromatic carbocycles. The number of fused-ring (bicyclic) bond motifs is 5. The number of hydrogen-bond acceptors (Lipinski definition) is 10. The number of nitrogens with zero attached hydrogens (tertiary/aromatic N) is 4. The number of aromatic nitrogens is 4. The van der Waals surface area contributed by atoms with Crippen LogP contribution in [0.15, 0.2) is 74.9 Å². The van der Waals surface area contributed by atoms with Crippen molar-refractivity contribution < 1.29 is 22.0 Å². The van der Waals surface area contributed by atoms with Gasteiger partial charge in [0.25, 0.3) is 5.89 Å². The van der Waals surface area contributed by atoms with Crippen molar-refractivity contribution in [1.29, 1.82) is 0 Å². The highest BCUT2D eigenvalue weighted by molar-refractivity contribution is 7.89. The number of halogens is 1. The number of H-pyrrole nitrogens is 1. The number of ether oxygens (including phenoxy) is 1. The Labute approximate surface area is 290 Å². The van der Waals surface area contributed by atoms with E-state index in [2.05, 4.69) is 21.6 Å². The highest BCUT2D eigenvalue weighted by atomic mass is 32.2. The quantitative estimate of drug-likeness (QED) is 0.179. The molecule has 2 N–H and O–H groups in total. The van der Waals surface area contributed by atoms with Gasteiger partial charge in [0.1, 0.15) is 22.3 Å². The fourth-order valence-electron chi connectivity index (χ4n) is 7.76. The van der Waals surface area contributed by atoms with Gasteiger partial charge in [-0.25, -0.2) is 27.7 Å². The largest absolute Gasteiger partial charge is 0.496 e. The predicted octanol–water partition coefficient (Wildman–Crippen LogP) is 6.57. The van der Waals surface area contributed by atoms with E-state index in [1.165, 1.54) is 38.9 Å². The number of aromatic amines is 1. The zero-order valence-corrected chi connectivity index (χ0v) is 28.5. The van der Waals surface area contributed by atoms with Gasteiger partial charge in [0.15, 0.2) is 0 Å². The highest BCUT2D eigenvalue weighted by Crippen LogP contribution is 2.53. The molecule has 2 aliphatic heterocycles. The van der Waals surface area contributed by atoms with Crippen LogP contribution in [0, 0.1) is 5.82 Å². The van der Waals surface area contributed by atoms with Gasteiger partial charge in [0.05, 0.1) is 40.8 Å². The van der Waals surface area contributed by atoms with Crippen LogP contribution < -0.4 is 15.8 Å². The van der Waals surface area contributed by atoms with Gasteiger partial charge in [0, 0.05) is 23.2 Å². The monoisotopic (exact) mass is 710 g/mol. The van der Waals surface area contributed by atoms with Crippen molar-refractivity contribution in [3.63, 3.8) is 0 Å². The summed E-state index contributed by atoms with van der Waals surface area (Å²) in [5.74, 6) is 0.430. The van der Waals surface area contributed by atoms with E-state index in [0.717, 1.165) is 40.7 Å². The fraction of sp³-hybridized carbons (Fsp3) is 0.278. The summed E-state index contributed by atoms with van der Waals surface area (Å²) in [5, 5.41) is 11.1. The molecular weight excluding hydrogens is 680 g/mol. The molecule has 50 heavy (non-hydrogen) atoms. The molecule has 0 amide bonds. The molecule has 0 radical (unpaired) electrons. The van der Waals surface area contributed by atoms with Crippen LogP contribution in [-0.2, 0) is 29.3 Å². The molecule has 0 saturated carbocycles. The Morgan fingerprint density at radius 2 is 1.98 bits per heavy atom. The Hall–Kier alpha value is -4.92. The van der Waals surface area contributed by atoms with E-state index in [1.807, 2.05) is 24.3 Å². The Kier molecular flexibility index (Phi) is 7.37. The van der Waals surface area contributed by atoms with Gasteiger partial charge in [-0.3, -0.25) is 4.98 Å². The molecule has 2 atom stereocenters. The zero-order valence-electron chi connectivity index (χ0n) is 26.9. The van der Waals surface area contributed by atoms with Gasteiger partial charge in [-0.05, 0) is 90.9 Å². The number of pyridine rings is 2. The molecule has 1 saturated heterocycles. The van der Waals surface area contributed by atoms with Crippen LogP contribution >= 0.6 is 11.3 Å². The van der Waals surface area contributed by atoms with Crippen LogP contribution in [0.25, 0.3) is 32.0 Å². The van der Waals surface area contributed by atoms with Gasteiger partial charge in [-0.2, -0.15) is 4.31 Å². The number of sulfonamides is 1. The number of rotatable bonds is 8. The number of benzene rings is 2. The van der Waals surface area contributed by atoms with Crippen LogP contribution in [0.4, 0.5) is 10.2 Å². The van der Waals surface area contributed by atoms with E-state index in [1.54, 1.807) is 25.4 Å². The van der Waals surface area contributed by atoms with Crippen LogP contribution in [-0.4, -0.2) is 46.5 Å². The van der Waals surface area contributed by atoms with E-state index >= 15 is 0 Å². The van der Waals surface area contributed by atoms with Crippen LogP contribution in [0.2, 0.25) is 0 Å². The van der Waals surface area contributed by atoms with Gasteiger partial charge in [-0.1, -0.05) is 24.3 Å². The molecular formula is C36H31FN6O5S2. The maximum absolute atomic E-state index is 14.4. The zero-order chi connectivity index (χ0) is 34.1. The fourth-order valence-corrected chi connectivity index (χ4v) is 11.0. The topological polar surface area (TPSA) is 143 Å². The molecule has 14 heteroatoms. The summed E-state index contributed by atoms with van der Waals surface area (Å²) < 4.78 is 56.0. The van der Waals surface area contributed by atoms with Crippen molar-refractivity contribution in [3.05, 3.63) is 105 Å². The average molecular weight is 711 g/mol. The smallest absolute Gasteiger partial charge is 0.434 e. The normalized spacial score (nSPS) is 19.1. The Morgan fingerprint density at radius 3 is 2.78 bits per heavy atom. The molecule has 254 valence electrons. The lowest BCUT2D eigenvalue weighted by Crippen LogP contribution is -2.23. The maximum atomic E-state index is 14.4. The van der Waals surface area contributed by atoms with Gasteiger partial charge >= 0.3 is 5.76 Å². The number of aryl methyl sites for hydroxylation is 2. The Morgan fingerprint density at radius 1 is 1.12 bits per heavy atom. The molecule has 1 fully saturated rings. The molecule has 2 unspecified atom stereocenters. The lowest BCUT2D eigenvalue weighted by molar-refractivity contribution is 0.410. The third kappa shape index (κ3) is 4.95. The standard InChI is InChI=1S/C36H31FN6O5S2/c1-47-27-6-2-4-22-23(27)12-14-24(22)40-34-32-20(15-16-38-34)18-28(49-32)30-29(35-41-42-36(44)48-35)25(13-9-19-7-10-21(37)11-8-19)39-31-26-5-3-17-43(26)50(45,46)33(30)31/h2,4,6-8,10-11,15-16,18,24,26H,3,5,9,12-14,17H2,1H3,(H,38,40)(H,42,44). The lowest BCUT2D eigenvalue weighted by Gasteiger charge is -2.16. The van der Waals surface area contributed by atoms with E-state index in [9.17, 15) is 17.6 Å². The van der Waals surface area contributed by atoms with Crippen molar-refractivity contribution in [1.82, 2.24) is 24.5 Å². The molecule has 9 rings (SSSR count). The minimum atomic E-state index is -3.95. The van der Waals surface area contributed by atoms with Gasteiger partial charge in [-0.15, -0.1) is 16.4 Å². The first-order chi connectivity index (χ1) is 24.3. The number of methoxy groups -OCH3 is 1. The van der Waals surface area contributed by atoms with Crippen molar-refractivity contribution >= 4 is 37.3 Å². The van der Waals surface area contributed by atoms with E-state index in [-0.39, 0.29) is 28.7 Å². The molecule has 3 aliphatic rings. The lowest BCUT2D eigenvalue weighted by atomic mass is 9.96. The second-order valence-corrected chi connectivity index (χ2v) is 15.7. The Balaban J connectivity index is 1.23. The predicted molar refractivity (Wildman–Crippen MR) is 186 cm³/mol. The molecule has 11 nitrogen and oxygen atoms in total. The minimum Gasteiger partial charge on any atom is -0.496 e. The first kappa shape index (κ1) is 31.1. The molecule has 4 aromatic heterocycles. The summed E-state index contributed by atoms with van der Waals surface area (Å²) in [7, 11) is -2.26. The van der Waals surface area contributed by atoms with E-state index < -0.39 is 15.8 Å². The highest BCUT2D eigenvalue weighted by Gasteiger charge is 2.49. The number of nitrogens with one attached hydrogen (secondary N) is 2. The second-order valence-electron chi connectivity index (χ2n) is 12.8. The minimum absolute atomic E-state index is 0.0217. The summed E-state index contributed by atoms with van der Waals surface area (Å²) >= 11 is 1.42. The third-order valence-corrected chi connectivity index (χ3v) is 13.2. The number of anilines is 1. The van der Waals surface area contributed by atoms with Crippen LogP contribution in [0.5, 0.6) is 5.75 Å². The second kappa shape index (κ2) is 11.9. The van der Waals surface area contributed by atoms with Crippen LogP contribution in [0.3, 0.4) is 0 Å². The van der Waals surface area contributed by atoms with Gasteiger partial charge in [0.2, 0.25) is 10.0 Å². The average Bonchev–Trinajstić information content (AvgIpc) is 3.95. The Bertz CT molecular complexity index is 2480. The summed E-state index contributed by atoms with van der Waals surface area (Å²) in [4.78, 5) is 22.9. The maximum Gasteiger partial charge on any atom is 0.434 e. The SMILES string of the molecule is COc1cccc2c1CCC2Nc1nccc2cc(-c3c(-c4n[nH]c(=O)o4)c(CCc4ccc(F)cc4)nc4c3S(=O)(=O)N3CCCC43)sc12. The molecule has 0 bridgehead atoms. The molecule has 1 aliphatic carbocycles. The molecule has 6 aromatic rings.